The summed E-state index contributed by atoms with van der Waals surface area (Å²) in [6, 6.07) is 16.2. The second-order valence-corrected chi connectivity index (χ2v) is 10.5. The molecule has 4 rings (SSSR count). The van der Waals surface area contributed by atoms with Crippen molar-refractivity contribution in [1.82, 2.24) is 15.3 Å². The number of anilines is 3. The Balaban J connectivity index is 1.74. The molecular formula is C25H23Cl2N5O4S. The highest BCUT2D eigenvalue weighted by atomic mass is 35.5. The van der Waals surface area contributed by atoms with Gasteiger partial charge in [-0.15, -0.1) is 0 Å². The predicted octanol–water partition coefficient (Wildman–Crippen LogP) is 4.82. The minimum Gasteiger partial charge on any atom is -0.497 e. The number of nitrogens with zero attached hydrogens (tertiary/aromatic N) is 2. The van der Waals surface area contributed by atoms with Crippen molar-refractivity contribution >= 4 is 67.4 Å². The summed E-state index contributed by atoms with van der Waals surface area (Å²) in [4.78, 5) is 21.1. The molecule has 0 aliphatic rings. The second kappa shape index (κ2) is 11.3. The fourth-order valence-corrected chi connectivity index (χ4v) is 4.93. The number of methoxy groups -OCH3 is 1. The Morgan fingerprint density at radius 3 is 2.30 bits per heavy atom. The summed E-state index contributed by atoms with van der Waals surface area (Å²) in [5.74, 6) is 0.509. The quantitative estimate of drug-likeness (QED) is 0.252. The fourth-order valence-electron chi connectivity index (χ4n) is 3.53. The summed E-state index contributed by atoms with van der Waals surface area (Å²) in [5, 5.41) is 6.50. The number of sulfonamides is 1. The minimum atomic E-state index is -4.14. The third-order valence-electron chi connectivity index (χ3n) is 5.32. The molecule has 0 aliphatic heterocycles. The van der Waals surface area contributed by atoms with E-state index >= 15 is 0 Å². The lowest BCUT2D eigenvalue weighted by atomic mass is 10.1. The first-order valence-electron chi connectivity index (χ1n) is 11.0. The molecule has 0 amide bonds. The van der Waals surface area contributed by atoms with Gasteiger partial charge in [0.2, 0.25) is 0 Å². The van der Waals surface area contributed by atoms with Crippen molar-refractivity contribution in [2.24, 2.45) is 0 Å². The Labute approximate surface area is 224 Å². The van der Waals surface area contributed by atoms with Crippen LogP contribution < -0.4 is 20.1 Å². The highest BCUT2D eigenvalue weighted by molar-refractivity contribution is 7.92. The summed E-state index contributed by atoms with van der Waals surface area (Å²) in [5.41, 5.74) is 1.87. The van der Waals surface area contributed by atoms with Gasteiger partial charge in [0.1, 0.15) is 5.75 Å². The molecule has 12 heteroatoms. The monoisotopic (exact) mass is 559 g/mol. The lowest BCUT2D eigenvalue weighted by Crippen LogP contribution is -2.20. The largest absolute Gasteiger partial charge is 0.497 e. The van der Waals surface area contributed by atoms with Gasteiger partial charge in [0.05, 0.1) is 40.3 Å². The van der Waals surface area contributed by atoms with Crippen LogP contribution in [0.4, 0.5) is 17.3 Å². The summed E-state index contributed by atoms with van der Waals surface area (Å²) < 4.78 is 34.6. The number of benzene rings is 3. The van der Waals surface area contributed by atoms with Gasteiger partial charge in [-0.2, -0.15) is 0 Å². The van der Waals surface area contributed by atoms with Crippen LogP contribution in [0.2, 0.25) is 10.0 Å². The number of para-hydroxylation sites is 2. The number of carbonyl (C=O) groups is 1. The third kappa shape index (κ3) is 6.28. The van der Waals surface area contributed by atoms with Crippen LogP contribution in [-0.2, 0) is 21.2 Å². The predicted molar refractivity (Wildman–Crippen MR) is 146 cm³/mol. The van der Waals surface area contributed by atoms with Gasteiger partial charge < -0.3 is 15.4 Å². The number of ether oxygens (including phenoxy) is 1. The molecule has 0 saturated carbocycles. The van der Waals surface area contributed by atoms with Crippen molar-refractivity contribution in [3.63, 3.8) is 0 Å². The van der Waals surface area contributed by atoms with E-state index in [1.165, 1.54) is 25.3 Å². The molecular weight excluding hydrogens is 537 g/mol. The maximum atomic E-state index is 13.4. The summed E-state index contributed by atoms with van der Waals surface area (Å²) in [6.07, 6.45) is -0.0139. The van der Waals surface area contributed by atoms with Gasteiger partial charge in [0, 0.05) is 17.5 Å². The van der Waals surface area contributed by atoms with Crippen LogP contribution in [0.15, 0.2) is 65.6 Å². The molecule has 4 aromatic rings. The molecule has 1 aromatic heterocycles. The molecule has 0 unspecified atom stereocenters. The first kappa shape index (κ1) is 26.6. The maximum Gasteiger partial charge on any atom is 0.263 e. The van der Waals surface area contributed by atoms with E-state index in [0.717, 1.165) is 0 Å². The van der Waals surface area contributed by atoms with Crippen LogP contribution in [0.5, 0.6) is 5.75 Å². The molecule has 37 heavy (non-hydrogen) atoms. The first-order chi connectivity index (χ1) is 17.7. The average Bonchev–Trinajstić information content (AvgIpc) is 2.87. The second-order valence-electron chi connectivity index (χ2n) is 7.98. The Hall–Kier alpha value is -3.44. The van der Waals surface area contributed by atoms with E-state index in [1.54, 1.807) is 49.5 Å². The molecule has 0 radical (unpaired) electrons. The molecule has 192 valence electrons. The highest BCUT2D eigenvalue weighted by Crippen LogP contribution is 2.33. The van der Waals surface area contributed by atoms with Gasteiger partial charge in [0.25, 0.3) is 10.0 Å². The van der Waals surface area contributed by atoms with E-state index in [2.05, 4.69) is 25.3 Å². The smallest absolute Gasteiger partial charge is 0.263 e. The molecule has 0 fully saturated rings. The molecule has 3 aromatic carbocycles. The average molecular weight is 560 g/mol. The number of hydrogen-bond donors (Lipinski definition) is 3. The molecule has 0 spiro atoms. The van der Waals surface area contributed by atoms with Crippen LogP contribution >= 0.6 is 23.2 Å². The number of nitrogens with one attached hydrogen (secondary N) is 3. The Bertz CT molecular complexity index is 1580. The Morgan fingerprint density at radius 1 is 0.946 bits per heavy atom. The minimum absolute atomic E-state index is 0.0139. The van der Waals surface area contributed by atoms with Crippen LogP contribution in [0.1, 0.15) is 5.56 Å². The number of hydrogen-bond acceptors (Lipinski definition) is 8. The van der Waals surface area contributed by atoms with Gasteiger partial charge in [0.15, 0.2) is 17.4 Å². The third-order valence-corrected chi connectivity index (χ3v) is 7.35. The van der Waals surface area contributed by atoms with Crippen molar-refractivity contribution in [2.45, 2.75) is 11.3 Å². The van der Waals surface area contributed by atoms with Gasteiger partial charge in [-0.3, -0.25) is 9.52 Å². The van der Waals surface area contributed by atoms with Crippen molar-refractivity contribution < 1.29 is 17.9 Å². The van der Waals surface area contributed by atoms with E-state index in [0.29, 0.717) is 38.1 Å². The van der Waals surface area contributed by atoms with Crippen molar-refractivity contribution in [1.29, 1.82) is 0 Å². The molecule has 3 N–H and O–H groups in total. The first-order valence-corrected chi connectivity index (χ1v) is 13.3. The van der Waals surface area contributed by atoms with Crippen LogP contribution in [0.3, 0.4) is 0 Å². The van der Waals surface area contributed by atoms with E-state index < -0.39 is 10.0 Å². The zero-order chi connectivity index (χ0) is 26.6. The molecule has 0 aliphatic carbocycles. The summed E-state index contributed by atoms with van der Waals surface area (Å²) in [6.45, 7) is 0.139. The van der Waals surface area contributed by atoms with Crippen molar-refractivity contribution in [2.75, 3.05) is 30.7 Å². The lowest BCUT2D eigenvalue weighted by molar-refractivity contribution is -0.117. The number of likely N-dealkylation sites (N-methyl/N-ethyl adjacent to an activating group) is 1. The molecule has 0 bridgehead atoms. The number of fused-ring (bicyclic) bond motifs is 1. The Kier molecular flexibility index (Phi) is 8.13. The standard InChI is InChI=1S/C25H23Cl2N5O4S/c1-28-14-16(33)11-15-12-18(8-10-19(15)26)37(34,35)32-25-24(29-21-5-3-4-6-22(21)30-25)31-23-13-17(36-2)7-9-20(23)27/h3-10,12-13,28H,11,14H2,1-2H3,(H,29,31)(H,30,32). The zero-order valence-electron chi connectivity index (χ0n) is 19.9. The number of halogens is 2. The zero-order valence-corrected chi connectivity index (χ0v) is 22.2. The van der Waals surface area contributed by atoms with Crippen molar-refractivity contribution in [3.8, 4) is 5.75 Å². The van der Waals surface area contributed by atoms with Gasteiger partial charge in [-0.1, -0.05) is 35.3 Å². The molecule has 1 heterocycles. The van der Waals surface area contributed by atoms with E-state index in [-0.39, 0.29) is 35.3 Å². The fraction of sp³-hybridized carbons (Fsp3) is 0.160. The summed E-state index contributed by atoms with van der Waals surface area (Å²) >= 11 is 12.6. The highest BCUT2D eigenvalue weighted by Gasteiger charge is 2.21. The SMILES string of the molecule is CNCC(=O)Cc1cc(S(=O)(=O)Nc2nc3ccccc3nc2Nc2cc(OC)ccc2Cl)ccc1Cl. The van der Waals surface area contributed by atoms with Crippen LogP contribution in [0, 0.1) is 0 Å². The van der Waals surface area contributed by atoms with Crippen LogP contribution in [0.25, 0.3) is 11.0 Å². The molecule has 0 saturated heterocycles. The van der Waals surface area contributed by atoms with Crippen LogP contribution in [-0.4, -0.2) is 44.9 Å². The Morgan fingerprint density at radius 2 is 1.62 bits per heavy atom. The van der Waals surface area contributed by atoms with Gasteiger partial charge >= 0.3 is 0 Å². The number of Topliss-reactive ketones (excluding diaryl/α,β-unsaturated/α-hetero) is 1. The number of ketones is 1. The van der Waals surface area contributed by atoms with Crippen molar-refractivity contribution in [3.05, 3.63) is 76.3 Å². The van der Waals surface area contributed by atoms with E-state index in [9.17, 15) is 13.2 Å². The molecule has 9 nitrogen and oxygen atoms in total. The van der Waals surface area contributed by atoms with Gasteiger partial charge in [-0.05, 0) is 55.1 Å². The van der Waals surface area contributed by atoms with Gasteiger partial charge in [-0.25, -0.2) is 18.4 Å². The number of carbonyl (C=O) groups excluding carboxylic acids is 1. The van der Waals surface area contributed by atoms with E-state index in [4.69, 9.17) is 27.9 Å². The normalized spacial score (nSPS) is 11.4. The summed E-state index contributed by atoms with van der Waals surface area (Å²) in [7, 11) is -0.968. The molecule has 0 atom stereocenters. The number of aromatic nitrogens is 2. The number of rotatable bonds is 10. The lowest BCUT2D eigenvalue weighted by Gasteiger charge is -2.15. The van der Waals surface area contributed by atoms with E-state index in [1.807, 2.05) is 0 Å². The topological polar surface area (TPSA) is 122 Å². The maximum absolute atomic E-state index is 13.4.